The molecule has 1 spiro atoms. The van der Waals surface area contributed by atoms with Gasteiger partial charge in [0, 0.05) is 7.11 Å². The fraction of sp³-hybridized carbons (Fsp3) is 0.944. The maximum atomic E-state index is 14.5. The van der Waals surface area contributed by atoms with Crippen molar-refractivity contribution in [2.75, 3.05) is 26.9 Å². The second-order valence-electron chi connectivity index (χ2n) is 26.0. The predicted molar refractivity (Wildman–Crippen MR) is 274 cm³/mol. The molecule has 4 unspecified atom stereocenters. The first-order chi connectivity index (χ1) is 37.8. The van der Waals surface area contributed by atoms with Crippen LogP contribution in [0.2, 0.25) is 0 Å². The van der Waals surface area contributed by atoms with Gasteiger partial charge in [-0.1, -0.05) is 59.6 Å². The lowest BCUT2D eigenvalue weighted by Gasteiger charge is -2.64. The van der Waals surface area contributed by atoms with Crippen molar-refractivity contribution in [2.24, 2.45) is 39.4 Å². The molecule has 0 amide bonds. The Morgan fingerprint density at radius 3 is 1.90 bits per heavy atom. The maximum Gasteiger partial charge on any atom is 0.397 e. The summed E-state index contributed by atoms with van der Waals surface area (Å²) in [6.07, 6.45) is -27.3. The number of aliphatic hydroxyl groups is 11. The fourth-order valence-electron chi connectivity index (χ4n) is 16.4. The number of ether oxygens (including phenoxy) is 10. The number of carbonyl (C=O) groups is 1. The first-order valence-electron chi connectivity index (χ1n) is 28.5. The minimum atomic E-state index is -5.19. The van der Waals surface area contributed by atoms with E-state index in [1.165, 1.54) is 14.0 Å². The Labute approximate surface area is 471 Å². The first kappa shape index (κ1) is 63.8. The molecule has 28 atom stereocenters. The van der Waals surface area contributed by atoms with Gasteiger partial charge in [-0.3, -0.25) is 9.35 Å². The smallest absolute Gasteiger partial charge is 0.397 e. The molecule has 0 aromatic rings. The summed E-state index contributed by atoms with van der Waals surface area (Å²) in [4.78, 5) is 14.5. The summed E-state index contributed by atoms with van der Waals surface area (Å²) >= 11 is 0. The van der Waals surface area contributed by atoms with Gasteiger partial charge >= 0.3 is 16.4 Å². The van der Waals surface area contributed by atoms with Crippen molar-refractivity contribution < 1.29 is 125 Å². The van der Waals surface area contributed by atoms with Gasteiger partial charge in [-0.05, 0) is 99.2 Å². The normalized spacial score (nSPS) is 51.7. The molecule has 0 aromatic heterocycles. The molecule has 27 heteroatoms. The maximum absolute atomic E-state index is 14.5. The van der Waals surface area contributed by atoms with Crippen LogP contribution in [0.15, 0.2) is 11.6 Å². The topological polar surface area (TPSA) is 396 Å². The molecule has 3 saturated carbocycles. The Morgan fingerprint density at radius 1 is 0.704 bits per heavy atom. The van der Waals surface area contributed by atoms with Crippen LogP contribution in [0.25, 0.3) is 0 Å². The molecular weight excluding hydrogens is 1100 g/mol. The van der Waals surface area contributed by atoms with E-state index in [1.54, 1.807) is 0 Å². The van der Waals surface area contributed by atoms with Gasteiger partial charge < -0.3 is 104 Å². The monoisotopic (exact) mass is 1180 g/mol. The van der Waals surface area contributed by atoms with E-state index >= 15 is 0 Å². The zero-order chi connectivity index (χ0) is 59.5. The second kappa shape index (κ2) is 23.1. The van der Waals surface area contributed by atoms with E-state index in [-0.39, 0.29) is 11.8 Å². The highest BCUT2D eigenvalue weighted by atomic mass is 32.3. The quantitative estimate of drug-likeness (QED) is 0.0345. The van der Waals surface area contributed by atoms with Crippen LogP contribution in [0.3, 0.4) is 0 Å². The summed E-state index contributed by atoms with van der Waals surface area (Å²) in [6.45, 7) is 13.5. The summed E-state index contributed by atoms with van der Waals surface area (Å²) in [5, 5.41) is 125. The number of methoxy groups -OCH3 is 1. The summed E-state index contributed by atoms with van der Waals surface area (Å²) < 4.78 is 97.9. The standard InChI is InChI=1S/C54H88O26S/c1-23(2)11-10-15-52(8)53(66)18-17-51(7)25-12-13-30-49(4,5)32(14-16-50(30,6)26(25)19-31(57)54(51,53)48(65)79-52)75-47-43(35(60)29(22-71-47)80-81(67,68)69)78-44-37(62)36(61)40(24(3)72-44)76-46-39(64)42(34(59)28(21-56)74-46)77-45-38(63)41(70-9)33(58)27(20-55)73-45/h19,23-25,27-47,55-64,66H,10-18,20-22H2,1-9H3,(H,67,68,69)/t24-,25?,27-,28-,29+,30?,31?,32-,33-,34-,35-,36-,37-,38-,39-,40-,41+,42+,43+,44+,45+,46+,47-,50+,51-,52-,53-,54?/m0/s1. The Hall–Kier alpha value is -1.72. The number of allylic oxidation sites excluding steroid dienone is 1. The second-order valence-corrected chi connectivity index (χ2v) is 27.1. The molecule has 4 aliphatic carbocycles. The zero-order valence-electron chi connectivity index (χ0n) is 47.4. The lowest BCUT2D eigenvalue weighted by Crippen LogP contribution is -2.68. The van der Waals surface area contributed by atoms with Crippen LogP contribution < -0.4 is 0 Å². The molecule has 26 nitrogen and oxygen atoms in total. The van der Waals surface area contributed by atoms with Crippen LogP contribution in [0.4, 0.5) is 0 Å². The summed E-state index contributed by atoms with van der Waals surface area (Å²) in [7, 11) is -4.01. The third-order valence-corrected chi connectivity index (χ3v) is 21.3. The van der Waals surface area contributed by atoms with Gasteiger partial charge in [0.2, 0.25) is 0 Å². The van der Waals surface area contributed by atoms with Crippen LogP contribution in [0.1, 0.15) is 113 Å². The molecule has 0 bridgehead atoms. The van der Waals surface area contributed by atoms with Crippen molar-refractivity contribution in [1.82, 2.24) is 0 Å². The number of cyclic esters (lactones) is 1. The Morgan fingerprint density at radius 2 is 1.30 bits per heavy atom. The molecule has 5 heterocycles. The Kier molecular flexibility index (Phi) is 18.2. The van der Waals surface area contributed by atoms with Crippen LogP contribution in [-0.4, -0.2) is 242 Å². The molecule has 9 rings (SSSR count). The highest BCUT2D eigenvalue weighted by molar-refractivity contribution is 7.80. The number of hydrogen-bond donors (Lipinski definition) is 12. The van der Waals surface area contributed by atoms with Crippen LogP contribution >= 0.6 is 0 Å². The minimum Gasteiger partial charge on any atom is -0.456 e. The molecular formula is C54H88O26S. The van der Waals surface area contributed by atoms with E-state index in [0.717, 1.165) is 18.4 Å². The third kappa shape index (κ3) is 10.4. The molecule has 9 aliphatic rings. The first-order valence-corrected chi connectivity index (χ1v) is 29.9. The van der Waals surface area contributed by atoms with Gasteiger partial charge in [-0.15, -0.1) is 0 Å². The third-order valence-electron chi connectivity index (χ3n) is 20.8. The Bertz CT molecular complexity index is 2380. The number of carbonyl (C=O) groups excluding carboxylic acids is 1. The highest BCUT2D eigenvalue weighted by Crippen LogP contribution is 2.77. The van der Waals surface area contributed by atoms with Crippen molar-refractivity contribution in [3.63, 3.8) is 0 Å². The number of fused-ring (bicyclic) bond motifs is 4. The highest BCUT2D eigenvalue weighted by Gasteiger charge is 2.85. The lowest BCUT2D eigenvalue weighted by atomic mass is 9.40. The summed E-state index contributed by atoms with van der Waals surface area (Å²) in [6, 6.07) is 0. The predicted octanol–water partition coefficient (Wildman–Crippen LogP) is -1.40. The lowest BCUT2D eigenvalue weighted by molar-refractivity contribution is -0.389. The molecule has 81 heavy (non-hydrogen) atoms. The van der Waals surface area contributed by atoms with Gasteiger partial charge in [0.05, 0.1) is 38.1 Å². The molecule has 12 N–H and O–H groups in total. The fourth-order valence-corrected chi connectivity index (χ4v) is 16.9. The molecule has 466 valence electrons. The summed E-state index contributed by atoms with van der Waals surface area (Å²) in [5.74, 6) is -0.430. The number of esters is 1. The van der Waals surface area contributed by atoms with Crippen molar-refractivity contribution in [2.45, 2.75) is 253 Å². The average Bonchev–Trinajstić information content (AvgIpc) is 1.90. The average molecular weight is 1190 g/mol. The zero-order valence-corrected chi connectivity index (χ0v) is 48.2. The van der Waals surface area contributed by atoms with Gasteiger partial charge in [0.25, 0.3) is 0 Å². The van der Waals surface area contributed by atoms with Crippen molar-refractivity contribution >= 4 is 16.4 Å². The Balaban J connectivity index is 0.911. The molecule has 5 aliphatic heterocycles. The van der Waals surface area contributed by atoms with E-state index in [9.17, 15) is 73.9 Å². The van der Waals surface area contributed by atoms with Crippen LogP contribution in [0, 0.1) is 39.4 Å². The van der Waals surface area contributed by atoms with Gasteiger partial charge in [-0.2, -0.15) is 8.42 Å². The molecule has 0 aromatic carbocycles. The minimum absolute atomic E-state index is 0.111. The number of hydrogen-bond acceptors (Lipinski definition) is 25. The number of aliphatic hydroxyl groups excluding tert-OH is 10. The van der Waals surface area contributed by atoms with Crippen molar-refractivity contribution in [3.8, 4) is 0 Å². The molecule has 8 fully saturated rings. The number of rotatable bonds is 17. The van der Waals surface area contributed by atoms with Gasteiger partial charge in [0.15, 0.2) is 25.2 Å². The van der Waals surface area contributed by atoms with Crippen molar-refractivity contribution in [1.29, 1.82) is 0 Å². The van der Waals surface area contributed by atoms with Crippen LogP contribution in [0.5, 0.6) is 0 Å². The van der Waals surface area contributed by atoms with E-state index in [4.69, 9.17) is 51.6 Å². The van der Waals surface area contributed by atoms with E-state index in [2.05, 4.69) is 20.8 Å². The SMILES string of the molecule is CO[C@H]1[C@H](O)[C@@H](O[C@H]2[C@H](O)[C@@H](O[C@@H]3[C@@H](O)[C@H](O)[C@@H](O[C@H]4[C@H](O[C@H]5CC[C@]6(C)C7=CC(O)C89C(=O)O[C@@](C)(CCCC(C)C)[C@@]8(O)CC[C@@]9(C)C7CCC6C5(C)C)OC[C@@H](OS(=O)(=O)O)[C@@H]4O)O[C@H]3C)O[C@@H](CO)[C@@H]2O)O[C@@H](CO)[C@@H]1O. The van der Waals surface area contributed by atoms with Gasteiger partial charge in [-0.25, -0.2) is 4.18 Å². The van der Waals surface area contributed by atoms with E-state index in [0.29, 0.717) is 50.9 Å². The molecule has 0 radical (unpaired) electrons. The van der Waals surface area contributed by atoms with E-state index in [1.807, 2.05) is 33.8 Å². The van der Waals surface area contributed by atoms with Crippen molar-refractivity contribution in [3.05, 3.63) is 11.6 Å². The van der Waals surface area contributed by atoms with E-state index < -0.39 is 198 Å². The van der Waals surface area contributed by atoms with Gasteiger partial charge in [0.1, 0.15) is 102 Å². The summed E-state index contributed by atoms with van der Waals surface area (Å²) in [5.41, 5.74) is -5.44. The molecule has 5 saturated heterocycles. The largest absolute Gasteiger partial charge is 0.456 e. The van der Waals surface area contributed by atoms with Crippen LogP contribution in [-0.2, 0) is 66.7 Å².